The van der Waals surface area contributed by atoms with Crippen LogP contribution in [0.15, 0.2) is 27.7 Å². The number of anilines is 1. The predicted octanol–water partition coefficient (Wildman–Crippen LogP) is 3.56. The molecule has 2 aromatic rings. The van der Waals surface area contributed by atoms with Crippen molar-refractivity contribution in [1.82, 2.24) is 15.8 Å². The van der Waals surface area contributed by atoms with Crippen molar-refractivity contribution in [3.05, 3.63) is 46.9 Å². The first-order valence-corrected chi connectivity index (χ1v) is 9.57. The van der Waals surface area contributed by atoms with Crippen molar-refractivity contribution in [2.45, 2.75) is 39.2 Å². The lowest BCUT2D eigenvalue weighted by Gasteiger charge is -2.21. The molecule has 1 saturated heterocycles. The van der Waals surface area contributed by atoms with Crippen molar-refractivity contribution in [3.8, 4) is 0 Å². The molecule has 2 heterocycles. The van der Waals surface area contributed by atoms with Gasteiger partial charge in [-0.25, -0.2) is 8.78 Å². The molecule has 160 valence electrons. The molecule has 0 bridgehead atoms. The van der Waals surface area contributed by atoms with Crippen molar-refractivity contribution in [2.75, 3.05) is 31.6 Å². The van der Waals surface area contributed by atoms with Gasteiger partial charge in [0.05, 0.1) is 5.69 Å². The molecule has 3 rings (SSSR count). The second-order valence-corrected chi connectivity index (χ2v) is 7.05. The van der Waals surface area contributed by atoms with E-state index in [4.69, 9.17) is 4.52 Å². The third-order valence-electron chi connectivity index (χ3n) is 5.08. The number of hydrogen-bond donors (Lipinski definition) is 2. The first-order chi connectivity index (χ1) is 13.5. The molecule has 0 aliphatic carbocycles. The average molecular weight is 519 g/mol. The quantitative estimate of drug-likeness (QED) is 0.265. The van der Waals surface area contributed by atoms with Gasteiger partial charge >= 0.3 is 0 Å². The van der Waals surface area contributed by atoms with Crippen LogP contribution < -0.4 is 15.5 Å². The second kappa shape index (κ2) is 10.7. The number of aliphatic imine (C=N–C) groups is 1. The van der Waals surface area contributed by atoms with Crippen molar-refractivity contribution < 1.29 is 13.3 Å². The number of aromatic nitrogens is 1. The van der Waals surface area contributed by atoms with Crippen molar-refractivity contribution in [1.29, 1.82) is 0 Å². The fourth-order valence-electron chi connectivity index (χ4n) is 3.59. The summed E-state index contributed by atoms with van der Waals surface area (Å²) in [7, 11) is 1.72. The number of para-hydroxylation sites is 1. The Morgan fingerprint density at radius 1 is 1.31 bits per heavy atom. The molecule has 29 heavy (non-hydrogen) atoms. The third-order valence-corrected chi connectivity index (χ3v) is 5.08. The monoisotopic (exact) mass is 519 g/mol. The zero-order valence-corrected chi connectivity index (χ0v) is 19.3. The molecular formula is C20H28F2IN5O. The number of hydrogen-bond acceptors (Lipinski definition) is 4. The van der Waals surface area contributed by atoms with Crippen LogP contribution in [-0.4, -0.2) is 43.8 Å². The lowest BCUT2D eigenvalue weighted by Crippen LogP contribution is -2.45. The van der Waals surface area contributed by atoms with E-state index in [2.05, 4.69) is 20.8 Å². The fraction of sp³-hybridized carbons (Fsp3) is 0.500. The van der Waals surface area contributed by atoms with Crippen molar-refractivity contribution in [3.63, 3.8) is 0 Å². The molecule has 1 unspecified atom stereocenters. The Morgan fingerprint density at radius 3 is 2.66 bits per heavy atom. The molecule has 0 saturated carbocycles. The Balaban J connectivity index is 0.00000300. The van der Waals surface area contributed by atoms with E-state index in [9.17, 15) is 8.78 Å². The van der Waals surface area contributed by atoms with E-state index >= 15 is 0 Å². The molecule has 1 fully saturated rings. The summed E-state index contributed by atoms with van der Waals surface area (Å²) in [5, 5.41) is 10.6. The number of guanidine groups is 1. The standard InChI is InChI=1S/C20H27F2N5O.HI/c1-13-16(14(2)28-26-13)6-5-10-24-20(23-3)25-15-9-11-27(12-15)19-17(21)7-4-8-18(19)22;/h4,7-8,15H,5-6,9-12H2,1-3H3,(H2,23,24,25);1H. The highest BCUT2D eigenvalue weighted by Gasteiger charge is 2.27. The summed E-state index contributed by atoms with van der Waals surface area (Å²) in [5.74, 6) is 0.510. The van der Waals surface area contributed by atoms with E-state index < -0.39 is 11.6 Å². The second-order valence-electron chi connectivity index (χ2n) is 7.05. The largest absolute Gasteiger partial charge is 0.365 e. The van der Waals surface area contributed by atoms with Crippen molar-refractivity contribution >= 4 is 35.6 Å². The number of nitrogens with zero attached hydrogens (tertiary/aromatic N) is 3. The molecular weight excluding hydrogens is 491 g/mol. The zero-order chi connectivity index (χ0) is 20.1. The van der Waals surface area contributed by atoms with Crippen LogP contribution in [0.2, 0.25) is 0 Å². The summed E-state index contributed by atoms with van der Waals surface area (Å²) in [6.45, 7) is 5.75. The van der Waals surface area contributed by atoms with E-state index in [1.54, 1.807) is 11.9 Å². The van der Waals surface area contributed by atoms with Gasteiger partial charge < -0.3 is 20.1 Å². The molecule has 9 heteroatoms. The third kappa shape index (κ3) is 5.80. The number of halogens is 3. The van der Waals surface area contributed by atoms with Gasteiger partial charge in [0.25, 0.3) is 0 Å². The molecule has 0 radical (unpaired) electrons. The minimum absolute atomic E-state index is 0. The van der Waals surface area contributed by atoms with Gasteiger partial charge in [-0.1, -0.05) is 11.2 Å². The van der Waals surface area contributed by atoms with Crippen LogP contribution in [0.25, 0.3) is 0 Å². The summed E-state index contributed by atoms with van der Waals surface area (Å²) in [4.78, 5) is 5.99. The van der Waals surface area contributed by atoms with E-state index in [1.807, 2.05) is 13.8 Å². The molecule has 1 aromatic carbocycles. The molecule has 0 spiro atoms. The maximum atomic E-state index is 14.0. The topological polar surface area (TPSA) is 65.7 Å². The summed E-state index contributed by atoms with van der Waals surface area (Å²) in [5.41, 5.74) is 2.14. The van der Waals surface area contributed by atoms with Gasteiger partial charge in [-0.2, -0.15) is 0 Å². The van der Waals surface area contributed by atoms with E-state index in [0.29, 0.717) is 19.0 Å². The molecule has 1 aliphatic heterocycles. The molecule has 6 nitrogen and oxygen atoms in total. The Kier molecular flexibility index (Phi) is 8.66. The Morgan fingerprint density at radius 2 is 2.03 bits per heavy atom. The van der Waals surface area contributed by atoms with Crippen LogP contribution in [0.1, 0.15) is 29.9 Å². The zero-order valence-electron chi connectivity index (χ0n) is 17.0. The van der Waals surface area contributed by atoms with E-state index in [-0.39, 0.29) is 35.7 Å². The normalized spacial score (nSPS) is 16.7. The Bertz CT molecular complexity index is 803. The minimum Gasteiger partial charge on any atom is -0.365 e. The number of rotatable bonds is 6. The highest BCUT2D eigenvalue weighted by Crippen LogP contribution is 2.26. The van der Waals surface area contributed by atoms with Crippen LogP contribution in [0.5, 0.6) is 0 Å². The van der Waals surface area contributed by atoms with Crippen LogP contribution in [0, 0.1) is 25.5 Å². The molecule has 2 N–H and O–H groups in total. The summed E-state index contributed by atoms with van der Waals surface area (Å²) >= 11 is 0. The van der Waals surface area contributed by atoms with E-state index in [0.717, 1.165) is 42.8 Å². The van der Waals surface area contributed by atoms with Gasteiger partial charge in [0, 0.05) is 38.3 Å². The van der Waals surface area contributed by atoms with Gasteiger partial charge in [-0.3, -0.25) is 4.99 Å². The number of benzene rings is 1. The predicted molar refractivity (Wildman–Crippen MR) is 121 cm³/mol. The van der Waals surface area contributed by atoms with Crippen LogP contribution >= 0.6 is 24.0 Å². The Hall–Kier alpha value is -1.91. The van der Waals surface area contributed by atoms with Gasteiger partial charge in [-0.15, -0.1) is 24.0 Å². The van der Waals surface area contributed by atoms with Crippen molar-refractivity contribution in [2.24, 2.45) is 4.99 Å². The fourth-order valence-corrected chi connectivity index (χ4v) is 3.59. The lowest BCUT2D eigenvalue weighted by molar-refractivity contribution is 0.392. The lowest BCUT2D eigenvalue weighted by atomic mass is 10.1. The molecule has 1 aromatic heterocycles. The first-order valence-electron chi connectivity index (χ1n) is 9.57. The van der Waals surface area contributed by atoms with Gasteiger partial charge in [0.2, 0.25) is 0 Å². The summed E-state index contributed by atoms with van der Waals surface area (Å²) in [6.07, 6.45) is 2.59. The molecule has 1 aliphatic rings. The SMILES string of the molecule is CN=C(NCCCc1c(C)noc1C)NC1CCN(c2c(F)cccc2F)C1.I. The molecule has 1 atom stereocenters. The van der Waals surface area contributed by atoms with Gasteiger partial charge in [0.15, 0.2) is 5.96 Å². The average Bonchev–Trinajstić information content (AvgIpc) is 3.25. The summed E-state index contributed by atoms with van der Waals surface area (Å²) < 4.78 is 33.2. The van der Waals surface area contributed by atoms with Gasteiger partial charge in [-0.05, 0) is 45.2 Å². The maximum Gasteiger partial charge on any atom is 0.191 e. The smallest absolute Gasteiger partial charge is 0.191 e. The van der Waals surface area contributed by atoms with E-state index in [1.165, 1.54) is 18.2 Å². The minimum atomic E-state index is -0.525. The maximum absolute atomic E-state index is 14.0. The highest BCUT2D eigenvalue weighted by atomic mass is 127. The van der Waals surface area contributed by atoms with Crippen LogP contribution in [0.3, 0.4) is 0 Å². The van der Waals surface area contributed by atoms with Crippen LogP contribution in [-0.2, 0) is 6.42 Å². The molecule has 0 amide bonds. The Labute approximate surface area is 187 Å². The number of nitrogens with one attached hydrogen (secondary N) is 2. The number of aryl methyl sites for hydroxylation is 2. The van der Waals surface area contributed by atoms with Gasteiger partial charge in [0.1, 0.15) is 23.1 Å². The first kappa shape index (κ1) is 23.4. The highest BCUT2D eigenvalue weighted by molar-refractivity contribution is 14.0. The summed E-state index contributed by atoms with van der Waals surface area (Å²) in [6, 6.07) is 4.04. The van der Waals surface area contributed by atoms with Crippen LogP contribution in [0.4, 0.5) is 14.5 Å².